The molecule has 0 unspecified atom stereocenters. The van der Waals surface area contributed by atoms with Gasteiger partial charge in [0.1, 0.15) is 5.82 Å². The van der Waals surface area contributed by atoms with Crippen molar-refractivity contribution in [1.29, 1.82) is 0 Å². The number of nitrogens with zero attached hydrogens (tertiary/aromatic N) is 4. The van der Waals surface area contributed by atoms with Crippen molar-refractivity contribution in [2.24, 2.45) is 4.99 Å². The lowest BCUT2D eigenvalue weighted by atomic mass is 10.0. The average molecular weight is 456 g/mol. The summed E-state index contributed by atoms with van der Waals surface area (Å²) in [5, 5.41) is 6.53. The van der Waals surface area contributed by atoms with E-state index < -0.39 is 0 Å². The van der Waals surface area contributed by atoms with Crippen molar-refractivity contribution in [2.75, 3.05) is 32.5 Å². The minimum Gasteiger partial charge on any atom is -0.340 e. The van der Waals surface area contributed by atoms with Crippen molar-refractivity contribution in [2.45, 2.75) is 13.3 Å². The second-order valence-electron chi connectivity index (χ2n) is 8.17. The van der Waals surface area contributed by atoms with Crippen molar-refractivity contribution in [1.82, 2.24) is 14.9 Å². The van der Waals surface area contributed by atoms with Crippen molar-refractivity contribution < 1.29 is 0 Å². The molecule has 1 aromatic carbocycles. The predicted molar refractivity (Wildman–Crippen MR) is 144 cm³/mol. The Balaban J connectivity index is 1.53. The van der Waals surface area contributed by atoms with Crippen LogP contribution in [0.1, 0.15) is 30.2 Å². The van der Waals surface area contributed by atoms with Crippen molar-refractivity contribution >= 4 is 49.6 Å². The van der Waals surface area contributed by atoms with Crippen LogP contribution in [0.15, 0.2) is 73.0 Å². The third kappa shape index (κ3) is 5.59. The molecule has 1 aliphatic rings. The molecule has 0 bridgehead atoms. The SMILES string of the molecule is C=C(Nc1cc2cc(C(=C)SC(C)=NC)ccc2cn1)c1ccnc(C2=CCN(C)CC2)c1. The van der Waals surface area contributed by atoms with E-state index in [9.17, 15) is 0 Å². The first kappa shape index (κ1) is 23.0. The van der Waals surface area contributed by atoms with Crippen LogP contribution in [0, 0.1) is 0 Å². The zero-order valence-electron chi connectivity index (χ0n) is 19.4. The van der Waals surface area contributed by atoms with Gasteiger partial charge in [0.15, 0.2) is 0 Å². The third-order valence-electron chi connectivity index (χ3n) is 5.76. The summed E-state index contributed by atoms with van der Waals surface area (Å²) >= 11 is 1.58. The topological polar surface area (TPSA) is 53.4 Å². The Morgan fingerprint density at radius 3 is 2.70 bits per heavy atom. The fourth-order valence-corrected chi connectivity index (χ4v) is 4.38. The zero-order chi connectivity index (χ0) is 23.4. The molecule has 0 radical (unpaired) electrons. The third-order valence-corrected chi connectivity index (χ3v) is 6.72. The van der Waals surface area contributed by atoms with E-state index >= 15 is 0 Å². The van der Waals surface area contributed by atoms with E-state index in [-0.39, 0.29) is 0 Å². The van der Waals surface area contributed by atoms with E-state index in [1.807, 2.05) is 31.5 Å². The number of nitrogens with one attached hydrogen (secondary N) is 1. The highest BCUT2D eigenvalue weighted by atomic mass is 32.2. The summed E-state index contributed by atoms with van der Waals surface area (Å²) in [4.78, 5) is 16.6. The van der Waals surface area contributed by atoms with Gasteiger partial charge in [-0.15, -0.1) is 0 Å². The summed E-state index contributed by atoms with van der Waals surface area (Å²) in [5.41, 5.74) is 5.19. The van der Waals surface area contributed by atoms with E-state index in [0.29, 0.717) is 0 Å². The molecule has 33 heavy (non-hydrogen) atoms. The first-order valence-electron chi connectivity index (χ1n) is 10.9. The predicted octanol–water partition coefficient (Wildman–Crippen LogP) is 6.18. The maximum Gasteiger partial charge on any atom is 0.130 e. The molecule has 1 N–H and O–H groups in total. The van der Waals surface area contributed by atoms with E-state index in [4.69, 9.17) is 0 Å². The molecule has 5 nitrogen and oxygen atoms in total. The Morgan fingerprint density at radius 1 is 1.09 bits per heavy atom. The second kappa shape index (κ2) is 10.1. The largest absolute Gasteiger partial charge is 0.340 e. The molecule has 2 aromatic heterocycles. The number of hydrogen-bond donors (Lipinski definition) is 1. The highest BCUT2D eigenvalue weighted by molar-refractivity contribution is 8.21. The Hall–Kier alpha value is -3.22. The molecule has 0 atom stereocenters. The smallest absolute Gasteiger partial charge is 0.130 e. The number of benzene rings is 1. The molecule has 0 amide bonds. The molecule has 0 saturated heterocycles. The van der Waals surface area contributed by atoms with Gasteiger partial charge in [0, 0.05) is 54.1 Å². The number of fused-ring (bicyclic) bond motifs is 1. The zero-order valence-corrected chi connectivity index (χ0v) is 20.2. The number of aliphatic imine (C=N–C) groups is 1. The monoisotopic (exact) mass is 455 g/mol. The Labute approximate surface area is 200 Å². The summed E-state index contributed by atoms with van der Waals surface area (Å²) in [6, 6.07) is 12.4. The van der Waals surface area contributed by atoms with Crippen LogP contribution in [0.4, 0.5) is 5.82 Å². The summed E-state index contributed by atoms with van der Waals surface area (Å²) in [5.74, 6) is 0.756. The molecule has 3 aromatic rings. The standard InChI is InChI=1S/C27H29N5S/c1-18(22-8-11-29-26(15-22)21-9-12-32(5)13-10-21)31-27-16-25-14-23(6-7-24(25)17-30-27)19(2)33-20(3)28-4/h6-9,11,14-17H,1-2,10,12-13H2,3-5H3,(H,30,31). The van der Waals surface area contributed by atoms with E-state index in [1.54, 1.807) is 18.8 Å². The van der Waals surface area contributed by atoms with E-state index in [0.717, 1.165) is 68.6 Å². The molecule has 1 aliphatic heterocycles. The van der Waals surface area contributed by atoms with Gasteiger partial charge < -0.3 is 10.2 Å². The van der Waals surface area contributed by atoms with Crippen LogP contribution < -0.4 is 5.32 Å². The first-order chi connectivity index (χ1) is 15.9. The van der Waals surface area contributed by atoms with Gasteiger partial charge in [-0.25, -0.2) is 4.98 Å². The number of likely N-dealkylation sites (N-methyl/N-ethyl adjacent to an activating group) is 1. The number of pyridine rings is 2. The van der Waals surface area contributed by atoms with Gasteiger partial charge in [-0.2, -0.15) is 0 Å². The quantitative estimate of drug-likeness (QED) is 0.355. The molecule has 6 heteroatoms. The summed E-state index contributed by atoms with van der Waals surface area (Å²) in [7, 11) is 3.93. The molecular weight excluding hydrogens is 426 g/mol. The van der Waals surface area contributed by atoms with Gasteiger partial charge in [0.2, 0.25) is 0 Å². The van der Waals surface area contributed by atoms with Crippen LogP contribution >= 0.6 is 11.8 Å². The van der Waals surface area contributed by atoms with Crippen molar-refractivity contribution in [3.63, 3.8) is 0 Å². The summed E-state index contributed by atoms with van der Waals surface area (Å²) < 4.78 is 0. The Kier molecular flexibility index (Phi) is 7.06. The fraction of sp³-hybridized carbons (Fsp3) is 0.222. The maximum atomic E-state index is 4.58. The molecule has 4 rings (SSSR count). The molecular formula is C27H29N5S. The van der Waals surface area contributed by atoms with Gasteiger partial charge in [-0.1, -0.05) is 43.1 Å². The molecule has 0 aliphatic carbocycles. The van der Waals surface area contributed by atoms with Crippen LogP contribution in [0.3, 0.4) is 0 Å². The normalized spacial score (nSPS) is 14.8. The number of hydrogen-bond acceptors (Lipinski definition) is 6. The van der Waals surface area contributed by atoms with Gasteiger partial charge in [-0.3, -0.25) is 9.98 Å². The van der Waals surface area contributed by atoms with Gasteiger partial charge in [-0.05, 0) is 61.2 Å². The van der Waals surface area contributed by atoms with Crippen molar-refractivity contribution in [3.05, 3.63) is 84.8 Å². The molecule has 0 fully saturated rings. The lowest BCUT2D eigenvalue weighted by Crippen LogP contribution is -2.23. The van der Waals surface area contributed by atoms with E-state index in [1.165, 1.54) is 5.57 Å². The number of anilines is 1. The fourth-order valence-electron chi connectivity index (χ4n) is 3.69. The maximum absolute atomic E-state index is 4.58. The number of rotatable bonds is 6. The molecule has 0 spiro atoms. The van der Waals surface area contributed by atoms with Gasteiger partial charge >= 0.3 is 0 Å². The highest BCUT2D eigenvalue weighted by Crippen LogP contribution is 2.30. The van der Waals surface area contributed by atoms with Gasteiger partial charge in [0.05, 0.1) is 10.7 Å². The second-order valence-corrected chi connectivity index (χ2v) is 9.46. The van der Waals surface area contributed by atoms with Crippen LogP contribution in [-0.4, -0.2) is 47.1 Å². The minimum absolute atomic E-state index is 0.756. The van der Waals surface area contributed by atoms with Crippen LogP contribution in [0.5, 0.6) is 0 Å². The Bertz CT molecular complexity index is 1270. The van der Waals surface area contributed by atoms with E-state index in [2.05, 4.69) is 75.7 Å². The number of aromatic nitrogens is 2. The lowest BCUT2D eigenvalue weighted by Gasteiger charge is -2.21. The highest BCUT2D eigenvalue weighted by Gasteiger charge is 2.12. The Morgan fingerprint density at radius 2 is 1.94 bits per heavy atom. The molecule has 168 valence electrons. The van der Waals surface area contributed by atoms with Crippen LogP contribution in [0.2, 0.25) is 0 Å². The molecule has 0 saturated carbocycles. The minimum atomic E-state index is 0.756. The van der Waals surface area contributed by atoms with Crippen LogP contribution in [0.25, 0.3) is 26.9 Å². The van der Waals surface area contributed by atoms with Gasteiger partial charge in [0.25, 0.3) is 0 Å². The van der Waals surface area contributed by atoms with Crippen LogP contribution in [-0.2, 0) is 0 Å². The summed E-state index contributed by atoms with van der Waals surface area (Å²) in [6.45, 7) is 12.5. The lowest BCUT2D eigenvalue weighted by molar-refractivity contribution is 0.370. The molecule has 3 heterocycles. The number of thioether (sulfide) groups is 1. The van der Waals surface area contributed by atoms with Crippen molar-refractivity contribution in [3.8, 4) is 0 Å². The average Bonchev–Trinajstić information content (AvgIpc) is 2.84. The summed E-state index contributed by atoms with van der Waals surface area (Å²) in [6.07, 6.45) is 7.00. The first-order valence-corrected chi connectivity index (χ1v) is 11.7.